The van der Waals surface area contributed by atoms with Gasteiger partial charge < -0.3 is 14.8 Å². The third-order valence-corrected chi connectivity index (χ3v) is 5.99. The Morgan fingerprint density at radius 3 is 2.75 bits per heavy atom. The van der Waals surface area contributed by atoms with Crippen LogP contribution in [0.5, 0.6) is 0 Å². The Morgan fingerprint density at radius 1 is 1.21 bits per heavy atom. The average molecular weight is 394 g/mol. The van der Waals surface area contributed by atoms with E-state index in [2.05, 4.69) is 11.4 Å². The molecule has 1 aromatic carbocycles. The molecule has 0 atom stereocenters. The second-order valence-electron chi connectivity index (χ2n) is 7.23. The predicted molar refractivity (Wildman–Crippen MR) is 114 cm³/mol. The average Bonchev–Trinajstić information content (AvgIpc) is 3.17. The van der Waals surface area contributed by atoms with Crippen molar-refractivity contribution in [3.8, 4) is 21.7 Å². The number of amides is 1. The minimum Gasteiger partial charge on any atom is -0.351 e. The molecule has 0 saturated carbocycles. The summed E-state index contributed by atoms with van der Waals surface area (Å²) in [5.41, 5.74) is 3.90. The Balaban J connectivity index is 1.86. The third kappa shape index (κ3) is 3.41. The SMILES string of the molecule is CN(C)CCNC(=O)c1cc(-c2ccccc2)c(=O)n2c1-c1sccc1CC2. The van der Waals surface area contributed by atoms with Gasteiger partial charge in [0.05, 0.1) is 16.1 Å². The molecule has 6 heteroatoms. The van der Waals surface area contributed by atoms with E-state index in [1.807, 2.05) is 54.7 Å². The standard InChI is InChI=1S/C22H23N3O2S/c1-24(2)12-10-23-21(26)18-14-17(15-6-4-3-5-7-15)22(27)25-11-8-16-9-13-28-20(16)19(18)25/h3-7,9,13-14H,8,10-12H2,1-2H3,(H,23,26). The van der Waals surface area contributed by atoms with Crippen LogP contribution in [0.2, 0.25) is 0 Å². The predicted octanol–water partition coefficient (Wildman–Crippen LogP) is 3.09. The lowest BCUT2D eigenvalue weighted by Gasteiger charge is -2.23. The maximum atomic E-state index is 13.3. The van der Waals surface area contributed by atoms with Crippen molar-refractivity contribution < 1.29 is 4.79 Å². The second kappa shape index (κ2) is 7.73. The molecule has 0 spiro atoms. The second-order valence-corrected chi connectivity index (χ2v) is 8.14. The normalized spacial score (nSPS) is 12.5. The Hall–Kier alpha value is -2.70. The lowest BCUT2D eigenvalue weighted by atomic mass is 9.98. The van der Waals surface area contributed by atoms with Crippen molar-refractivity contribution in [3.63, 3.8) is 0 Å². The number of hydrogen-bond donors (Lipinski definition) is 1. The summed E-state index contributed by atoms with van der Waals surface area (Å²) in [6.07, 6.45) is 0.811. The summed E-state index contributed by atoms with van der Waals surface area (Å²) in [6, 6.07) is 13.4. The van der Waals surface area contributed by atoms with Crippen molar-refractivity contribution in [2.45, 2.75) is 13.0 Å². The number of fused-ring (bicyclic) bond motifs is 3. The molecule has 1 aliphatic heterocycles. The van der Waals surface area contributed by atoms with Gasteiger partial charge >= 0.3 is 0 Å². The molecule has 0 saturated heterocycles. The Bertz CT molecular complexity index is 1070. The number of thiophene rings is 1. The van der Waals surface area contributed by atoms with Gasteiger partial charge in [0.15, 0.2) is 0 Å². The van der Waals surface area contributed by atoms with E-state index in [0.29, 0.717) is 24.2 Å². The first-order valence-electron chi connectivity index (χ1n) is 9.39. The van der Waals surface area contributed by atoms with Crippen molar-refractivity contribution in [1.82, 2.24) is 14.8 Å². The van der Waals surface area contributed by atoms with E-state index >= 15 is 0 Å². The van der Waals surface area contributed by atoms with Gasteiger partial charge in [-0.25, -0.2) is 0 Å². The number of benzene rings is 1. The van der Waals surface area contributed by atoms with E-state index in [4.69, 9.17) is 0 Å². The van der Waals surface area contributed by atoms with Crippen LogP contribution in [0.3, 0.4) is 0 Å². The molecule has 3 aromatic rings. The van der Waals surface area contributed by atoms with Gasteiger partial charge in [-0.3, -0.25) is 9.59 Å². The van der Waals surface area contributed by atoms with Gasteiger partial charge in [-0.15, -0.1) is 11.3 Å². The fraction of sp³-hybridized carbons (Fsp3) is 0.273. The van der Waals surface area contributed by atoms with Crippen LogP contribution >= 0.6 is 11.3 Å². The summed E-state index contributed by atoms with van der Waals surface area (Å²) in [5.74, 6) is -0.135. The zero-order valence-electron chi connectivity index (χ0n) is 16.1. The van der Waals surface area contributed by atoms with E-state index in [1.165, 1.54) is 5.56 Å². The summed E-state index contributed by atoms with van der Waals surface area (Å²) < 4.78 is 1.78. The quantitative estimate of drug-likeness (QED) is 0.725. The summed E-state index contributed by atoms with van der Waals surface area (Å²) in [4.78, 5) is 29.4. The molecular formula is C22H23N3O2S. The Morgan fingerprint density at radius 2 is 2.00 bits per heavy atom. The van der Waals surface area contributed by atoms with Crippen LogP contribution in [0.1, 0.15) is 15.9 Å². The lowest BCUT2D eigenvalue weighted by Crippen LogP contribution is -2.34. The van der Waals surface area contributed by atoms with Crippen molar-refractivity contribution in [1.29, 1.82) is 0 Å². The number of pyridine rings is 1. The molecule has 0 aliphatic carbocycles. The Kier molecular flexibility index (Phi) is 5.15. The fourth-order valence-electron chi connectivity index (χ4n) is 3.58. The topological polar surface area (TPSA) is 54.3 Å². The summed E-state index contributed by atoms with van der Waals surface area (Å²) in [5, 5.41) is 5.04. The molecule has 1 aliphatic rings. The van der Waals surface area contributed by atoms with Gasteiger partial charge in [0, 0.05) is 25.2 Å². The molecule has 1 amide bonds. The van der Waals surface area contributed by atoms with Gasteiger partial charge in [0.1, 0.15) is 0 Å². The van der Waals surface area contributed by atoms with Gasteiger partial charge in [-0.1, -0.05) is 30.3 Å². The number of carbonyl (C=O) groups is 1. The number of aromatic nitrogens is 1. The molecule has 1 N–H and O–H groups in total. The van der Waals surface area contributed by atoms with Gasteiger partial charge in [-0.05, 0) is 49.2 Å². The number of nitrogens with one attached hydrogen (secondary N) is 1. The highest BCUT2D eigenvalue weighted by molar-refractivity contribution is 7.13. The number of hydrogen-bond acceptors (Lipinski definition) is 4. The van der Waals surface area contributed by atoms with Gasteiger partial charge in [0.2, 0.25) is 0 Å². The minimum absolute atomic E-state index is 0.0370. The maximum Gasteiger partial charge on any atom is 0.258 e. The van der Waals surface area contributed by atoms with Crippen LogP contribution in [-0.4, -0.2) is 42.6 Å². The molecule has 0 unspecified atom stereocenters. The highest BCUT2D eigenvalue weighted by atomic mass is 32.1. The highest BCUT2D eigenvalue weighted by Crippen LogP contribution is 2.36. The zero-order chi connectivity index (χ0) is 19.7. The maximum absolute atomic E-state index is 13.3. The molecule has 144 valence electrons. The molecule has 0 bridgehead atoms. The molecular weight excluding hydrogens is 370 g/mol. The van der Waals surface area contributed by atoms with E-state index < -0.39 is 0 Å². The van der Waals surface area contributed by atoms with Crippen molar-refractivity contribution in [2.24, 2.45) is 0 Å². The molecule has 3 heterocycles. The van der Waals surface area contributed by atoms with Crippen molar-refractivity contribution in [2.75, 3.05) is 27.2 Å². The first kappa shape index (κ1) is 18.7. The van der Waals surface area contributed by atoms with Crippen LogP contribution in [-0.2, 0) is 13.0 Å². The van der Waals surface area contributed by atoms with Crippen LogP contribution in [0.15, 0.2) is 52.6 Å². The van der Waals surface area contributed by atoms with Crippen LogP contribution in [0.25, 0.3) is 21.7 Å². The summed E-state index contributed by atoms with van der Waals surface area (Å²) >= 11 is 1.59. The number of carbonyl (C=O) groups excluding carboxylic acids is 1. The molecule has 0 radical (unpaired) electrons. The molecule has 0 fully saturated rings. The largest absolute Gasteiger partial charge is 0.351 e. The minimum atomic E-state index is -0.135. The first-order chi connectivity index (χ1) is 13.6. The van der Waals surface area contributed by atoms with Crippen molar-refractivity contribution >= 4 is 17.2 Å². The highest BCUT2D eigenvalue weighted by Gasteiger charge is 2.26. The van der Waals surface area contributed by atoms with E-state index in [-0.39, 0.29) is 11.5 Å². The first-order valence-corrected chi connectivity index (χ1v) is 10.3. The fourth-order valence-corrected chi connectivity index (χ4v) is 4.61. The lowest BCUT2D eigenvalue weighted by molar-refractivity contribution is 0.0951. The number of likely N-dealkylation sites (N-methyl/N-ethyl adjacent to an activating group) is 1. The molecule has 28 heavy (non-hydrogen) atoms. The number of aryl methyl sites for hydroxylation is 1. The van der Waals surface area contributed by atoms with Crippen LogP contribution in [0, 0.1) is 0 Å². The van der Waals surface area contributed by atoms with E-state index in [9.17, 15) is 9.59 Å². The molecule has 2 aromatic heterocycles. The zero-order valence-corrected chi connectivity index (χ0v) is 16.9. The van der Waals surface area contributed by atoms with Gasteiger partial charge in [-0.2, -0.15) is 0 Å². The summed E-state index contributed by atoms with van der Waals surface area (Å²) in [6.45, 7) is 1.91. The van der Waals surface area contributed by atoms with E-state index in [0.717, 1.165) is 29.1 Å². The summed E-state index contributed by atoms with van der Waals surface area (Å²) in [7, 11) is 3.95. The van der Waals surface area contributed by atoms with Gasteiger partial charge in [0.25, 0.3) is 11.5 Å². The number of rotatable bonds is 5. The van der Waals surface area contributed by atoms with E-state index in [1.54, 1.807) is 22.0 Å². The van der Waals surface area contributed by atoms with Crippen LogP contribution in [0.4, 0.5) is 0 Å². The molecule has 4 rings (SSSR count). The van der Waals surface area contributed by atoms with Crippen molar-refractivity contribution in [3.05, 3.63) is 69.3 Å². The molecule has 5 nitrogen and oxygen atoms in total. The monoisotopic (exact) mass is 393 g/mol. The Labute approximate surface area is 168 Å². The smallest absolute Gasteiger partial charge is 0.258 e. The number of nitrogens with zero attached hydrogens (tertiary/aromatic N) is 2. The van der Waals surface area contributed by atoms with Crippen LogP contribution < -0.4 is 10.9 Å². The third-order valence-electron chi connectivity index (χ3n) is 5.03.